The third-order valence-electron chi connectivity index (χ3n) is 7.51. The fraction of sp³-hybridized carbons (Fsp3) is 0.235. The first kappa shape index (κ1) is 31.5. The van der Waals surface area contributed by atoms with Gasteiger partial charge in [0.1, 0.15) is 16.5 Å². The normalized spacial score (nSPS) is 13.2. The van der Waals surface area contributed by atoms with Gasteiger partial charge in [0, 0.05) is 37.4 Å². The number of amides is 2. The summed E-state index contributed by atoms with van der Waals surface area (Å²) in [6, 6.07) is 24.5. The summed E-state index contributed by atoms with van der Waals surface area (Å²) in [5.41, 5.74) is 2.79. The topological polar surface area (TPSA) is 117 Å². The van der Waals surface area contributed by atoms with Crippen LogP contribution in [0.25, 0.3) is 11.1 Å². The van der Waals surface area contributed by atoms with E-state index in [9.17, 15) is 22.4 Å². The Morgan fingerprint density at radius 2 is 1.56 bits per heavy atom. The van der Waals surface area contributed by atoms with Gasteiger partial charge in [0.05, 0.1) is 18.4 Å². The van der Waals surface area contributed by atoms with Gasteiger partial charge in [0.15, 0.2) is 0 Å². The van der Waals surface area contributed by atoms with E-state index in [0.29, 0.717) is 34.6 Å². The molecule has 2 amide bonds. The summed E-state index contributed by atoms with van der Waals surface area (Å²) in [5.74, 6) is -0.971. The van der Waals surface area contributed by atoms with Gasteiger partial charge in [-0.3, -0.25) is 14.3 Å². The number of nitrogens with zero attached hydrogens (tertiary/aromatic N) is 1. The van der Waals surface area contributed by atoms with Crippen LogP contribution in [0.2, 0.25) is 0 Å². The molecule has 5 rings (SSSR count). The van der Waals surface area contributed by atoms with E-state index in [2.05, 4.69) is 15.4 Å². The van der Waals surface area contributed by atoms with Gasteiger partial charge in [0.25, 0.3) is 21.8 Å². The highest BCUT2D eigenvalue weighted by atomic mass is 32.2. The third-order valence-corrected chi connectivity index (χ3v) is 8.91. The Hall–Kier alpha value is -4.90. The molecule has 0 aliphatic carbocycles. The van der Waals surface area contributed by atoms with E-state index in [1.54, 1.807) is 60.7 Å². The van der Waals surface area contributed by atoms with Gasteiger partial charge in [0.2, 0.25) is 0 Å². The maximum atomic E-state index is 13.8. The summed E-state index contributed by atoms with van der Waals surface area (Å²) in [5, 5.41) is 5.78. The molecule has 0 unspecified atom stereocenters. The minimum absolute atomic E-state index is 0.0273. The number of nitrogens with one attached hydrogen (secondary N) is 3. The van der Waals surface area contributed by atoms with Crippen LogP contribution in [-0.2, 0) is 10.0 Å². The second kappa shape index (κ2) is 14.3. The van der Waals surface area contributed by atoms with Crippen LogP contribution in [0.1, 0.15) is 40.0 Å². The molecule has 1 aliphatic heterocycles. The summed E-state index contributed by atoms with van der Waals surface area (Å²) >= 11 is 0. The maximum absolute atomic E-state index is 13.8. The lowest BCUT2D eigenvalue weighted by molar-refractivity contribution is 0.0724. The molecule has 1 fully saturated rings. The molecule has 11 heteroatoms. The number of halogens is 1. The van der Waals surface area contributed by atoms with Crippen molar-refractivity contribution in [2.24, 2.45) is 0 Å². The summed E-state index contributed by atoms with van der Waals surface area (Å²) in [4.78, 5) is 27.1. The molecular weight excluding hydrogens is 595 g/mol. The van der Waals surface area contributed by atoms with E-state index in [0.717, 1.165) is 32.4 Å². The fourth-order valence-electron chi connectivity index (χ4n) is 5.20. The Balaban J connectivity index is 1.27. The van der Waals surface area contributed by atoms with Gasteiger partial charge in [-0.05, 0) is 85.0 Å². The lowest BCUT2D eigenvalue weighted by Crippen LogP contribution is -2.35. The van der Waals surface area contributed by atoms with Crippen LogP contribution >= 0.6 is 0 Å². The zero-order valence-corrected chi connectivity index (χ0v) is 25.7. The molecule has 4 aromatic rings. The average Bonchev–Trinajstić information content (AvgIpc) is 3.06. The Morgan fingerprint density at radius 1 is 0.822 bits per heavy atom. The average molecular weight is 631 g/mol. The summed E-state index contributed by atoms with van der Waals surface area (Å²) < 4.78 is 49.1. The minimum Gasteiger partial charge on any atom is -0.495 e. The van der Waals surface area contributed by atoms with Crippen molar-refractivity contribution >= 4 is 33.2 Å². The second-order valence-electron chi connectivity index (χ2n) is 10.6. The molecule has 0 aromatic heterocycles. The first-order chi connectivity index (χ1) is 21.7. The number of sulfonamides is 1. The molecule has 9 nitrogen and oxygen atoms in total. The predicted octanol–water partition coefficient (Wildman–Crippen LogP) is 5.77. The number of hydrogen-bond donors (Lipinski definition) is 3. The van der Waals surface area contributed by atoms with E-state index >= 15 is 0 Å². The highest BCUT2D eigenvalue weighted by Gasteiger charge is 2.22. The minimum atomic E-state index is -4.09. The quantitative estimate of drug-likeness (QED) is 0.181. The number of ether oxygens (including phenoxy) is 1. The van der Waals surface area contributed by atoms with Crippen molar-refractivity contribution in [3.63, 3.8) is 0 Å². The van der Waals surface area contributed by atoms with E-state index in [4.69, 9.17) is 4.74 Å². The number of carbonyl (C=O) groups excluding carboxylic acids is 2. The highest BCUT2D eigenvalue weighted by Crippen LogP contribution is 2.32. The van der Waals surface area contributed by atoms with Crippen molar-refractivity contribution in [2.45, 2.75) is 24.2 Å². The van der Waals surface area contributed by atoms with Gasteiger partial charge in [-0.2, -0.15) is 0 Å². The van der Waals surface area contributed by atoms with Gasteiger partial charge in [-0.25, -0.2) is 12.8 Å². The molecule has 45 heavy (non-hydrogen) atoms. The number of methoxy groups -OCH3 is 1. The molecule has 1 aliphatic rings. The van der Waals surface area contributed by atoms with Crippen molar-refractivity contribution in [1.29, 1.82) is 0 Å². The zero-order chi connectivity index (χ0) is 31.8. The Labute approximate surface area is 262 Å². The van der Waals surface area contributed by atoms with Crippen molar-refractivity contribution in [3.05, 3.63) is 108 Å². The van der Waals surface area contributed by atoms with Crippen LogP contribution in [0.4, 0.5) is 15.8 Å². The first-order valence-electron chi connectivity index (χ1n) is 14.7. The number of hydrogen-bond acceptors (Lipinski definition) is 6. The Kier molecular flexibility index (Phi) is 9.99. The number of carbonyl (C=O) groups is 2. The second-order valence-corrected chi connectivity index (χ2v) is 12.3. The molecule has 0 radical (unpaired) electrons. The maximum Gasteiger partial charge on any atom is 0.265 e. The SMILES string of the molecule is COc1ccc(-c2cccc(C(=O)N3CCCCC3)c2)cc1S(=O)(=O)Nc1cccc(NCCNC(=O)c2ccccc2F)c1. The molecule has 3 N–H and O–H groups in total. The van der Waals surface area contributed by atoms with Crippen molar-refractivity contribution in [3.8, 4) is 16.9 Å². The summed E-state index contributed by atoms with van der Waals surface area (Å²) in [7, 11) is -2.68. The summed E-state index contributed by atoms with van der Waals surface area (Å²) in [6.45, 7) is 2.02. The van der Waals surface area contributed by atoms with Crippen LogP contribution in [-0.4, -0.2) is 58.4 Å². The van der Waals surface area contributed by atoms with Crippen molar-refractivity contribution < 1.29 is 27.1 Å². The van der Waals surface area contributed by atoms with Crippen LogP contribution in [0.15, 0.2) is 95.9 Å². The van der Waals surface area contributed by atoms with Gasteiger partial charge in [-0.15, -0.1) is 0 Å². The number of piperidine rings is 1. The van der Waals surface area contributed by atoms with Crippen molar-refractivity contribution in [1.82, 2.24) is 10.2 Å². The number of likely N-dealkylation sites (tertiary alicyclic amines) is 1. The number of rotatable bonds is 11. The van der Waals surface area contributed by atoms with Gasteiger partial charge < -0.3 is 20.3 Å². The molecule has 234 valence electrons. The van der Waals surface area contributed by atoms with E-state index in [1.807, 2.05) is 11.0 Å². The van der Waals surface area contributed by atoms with Crippen LogP contribution in [0, 0.1) is 5.82 Å². The van der Waals surface area contributed by atoms with E-state index < -0.39 is 21.7 Å². The molecular formula is C34H35FN4O5S. The smallest absolute Gasteiger partial charge is 0.265 e. The number of anilines is 2. The zero-order valence-electron chi connectivity index (χ0n) is 24.9. The first-order valence-corrected chi connectivity index (χ1v) is 16.2. The van der Waals surface area contributed by atoms with Gasteiger partial charge >= 0.3 is 0 Å². The summed E-state index contributed by atoms with van der Waals surface area (Å²) in [6.07, 6.45) is 3.11. The lowest BCUT2D eigenvalue weighted by Gasteiger charge is -2.26. The molecule has 1 saturated heterocycles. The fourth-order valence-corrected chi connectivity index (χ4v) is 6.45. The molecule has 1 heterocycles. The van der Waals surface area contributed by atoms with Gasteiger partial charge in [-0.1, -0.05) is 36.4 Å². The Morgan fingerprint density at radius 3 is 2.33 bits per heavy atom. The molecule has 0 bridgehead atoms. The largest absolute Gasteiger partial charge is 0.495 e. The van der Waals surface area contributed by atoms with E-state index in [-0.39, 0.29) is 28.7 Å². The molecule has 0 saturated carbocycles. The monoisotopic (exact) mass is 630 g/mol. The number of benzene rings is 4. The van der Waals surface area contributed by atoms with Crippen LogP contribution in [0.3, 0.4) is 0 Å². The standard InChI is InChI=1S/C34H35FN4O5S/c1-44-31-16-15-25(24-9-7-10-26(21-24)34(41)39-19-5-2-6-20-39)22-32(31)45(42,43)38-28-12-8-11-27(23-28)36-17-18-37-33(40)29-13-3-4-14-30(29)35/h3-4,7-16,21-23,36,38H,2,5-6,17-20H2,1H3,(H,37,40). The van der Waals surface area contributed by atoms with E-state index in [1.165, 1.54) is 31.4 Å². The predicted molar refractivity (Wildman–Crippen MR) is 173 cm³/mol. The van der Waals surface area contributed by atoms with Crippen LogP contribution in [0.5, 0.6) is 5.75 Å². The van der Waals surface area contributed by atoms with Crippen LogP contribution < -0.4 is 20.1 Å². The lowest BCUT2D eigenvalue weighted by atomic mass is 10.0. The molecule has 4 aromatic carbocycles. The third kappa shape index (κ3) is 7.79. The van der Waals surface area contributed by atoms with Crippen molar-refractivity contribution in [2.75, 3.05) is 43.3 Å². The highest BCUT2D eigenvalue weighted by molar-refractivity contribution is 7.92. The Bertz CT molecular complexity index is 1790. The molecule has 0 atom stereocenters. The molecule has 0 spiro atoms.